The van der Waals surface area contributed by atoms with Crippen LogP contribution < -0.4 is 11.1 Å². The number of amides is 1. The Morgan fingerprint density at radius 2 is 2.00 bits per heavy atom. The molecule has 1 aliphatic rings. The molecule has 2 rings (SSSR count). The minimum atomic E-state index is -4.34. The average molecular weight is 290 g/mol. The van der Waals surface area contributed by atoms with Gasteiger partial charge in [0.05, 0.1) is 0 Å². The number of fused-ring (bicyclic) bond motifs is 1. The van der Waals surface area contributed by atoms with Gasteiger partial charge in [0.1, 0.15) is 6.04 Å². The van der Waals surface area contributed by atoms with Crippen LogP contribution in [0.25, 0.3) is 0 Å². The van der Waals surface area contributed by atoms with Gasteiger partial charge in [0, 0.05) is 12.1 Å². The van der Waals surface area contributed by atoms with Crippen LogP contribution in [0.2, 0.25) is 0 Å². The zero-order valence-corrected chi connectivity index (χ0v) is 10.5. The summed E-state index contributed by atoms with van der Waals surface area (Å²) in [5.41, 5.74) is 5.98. The van der Waals surface area contributed by atoms with E-state index in [4.69, 9.17) is 5.73 Å². The van der Waals surface area contributed by atoms with Gasteiger partial charge in [-0.15, -0.1) is 0 Å². The molecule has 1 aliphatic heterocycles. The van der Waals surface area contributed by atoms with Crippen LogP contribution in [0, 0.1) is 0 Å². The molecule has 0 aliphatic carbocycles. The van der Waals surface area contributed by atoms with Crippen LogP contribution in [0.1, 0.15) is 33.9 Å². The van der Waals surface area contributed by atoms with E-state index in [2.05, 4.69) is 5.32 Å². The van der Waals surface area contributed by atoms with Gasteiger partial charge in [-0.25, -0.2) is 8.78 Å². The van der Waals surface area contributed by atoms with E-state index in [-0.39, 0.29) is 11.1 Å². The number of hydrogen-bond acceptors (Lipinski definition) is 2. The van der Waals surface area contributed by atoms with E-state index in [1.54, 1.807) is 0 Å². The number of nitrogens with one attached hydrogen (secondary N) is 1. The molecule has 1 amide bonds. The molecule has 0 spiro atoms. The fourth-order valence-electron chi connectivity index (χ4n) is 2.15. The summed E-state index contributed by atoms with van der Waals surface area (Å²) in [5, 5.41) is 2.61. The van der Waals surface area contributed by atoms with Crippen molar-refractivity contribution in [3.63, 3.8) is 0 Å². The van der Waals surface area contributed by atoms with Crippen molar-refractivity contribution in [2.45, 2.75) is 31.2 Å². The third-order valence-electron chi connectivity index (χ3n) is 3.35. The standard InChI is InChI=1S/C13H14F4N2O/c14-12(15)13(16,17)10(18)8-4-3-7-2-1-5-19-11(20)9(7)6-8/h3-4,6,10,12H,1-2,5,18H2,(H,19,20). The Morgan fingerprint density at radius 1 is 1.30 bits per heavy atom. The monoisotopic (exact) mass is 290 g/mol. The second-order valence-electron chi connectivity index (χ2n) is 4.73. The van der Waals surface area contributed by atoms with E-state index < -0.39 is 24.3 Å². The van der Waals surface area contributed by atoms with Crippen LogP contribution in [0.15, 0.2) is 18.2 Å². The molecule has 0 saturated heterocycles. The third-order valence-corrected chi connectivity index (χ3v) is 3.35. The number of halogens is 4. The van der Waals surface area contributed by atoms with E-state index in [9.17, 15) is 22.4 Å². The molecule has 3 N–H and O–H groups in total. The van der Waals surface area contributed by atoms with Crippen molar-refractivity contribution in [2.75, 3.05) is 6.54 Å². The Kier molecular flexibility index (Phi) is 3.99. The highest BCUT2D eigenvalue weighted by Gasteiger charge is 2.47. The Morgan fingerprint density at radius 3 is 2.65 bits per heavy atom. The van der Waals surface area contributed by atoms with E-state index in [1.807, 2.05) is 0 Å². The number of benzene rings is 1. The lowest BCUT2D eigenvalue weighted by molar-refractivity contribution is -0.144. The zero-order chi connectivity index (χ0) is 14.9. The number of carbonyl (C=O) groups excluding carboxylic acids is 1. The number of carbonyl (C=O) groups is 1. The van der Waals surface area contributed by atoms with Crippen molar-refractivity contribution < 1.29 is 22.4 Å². The van der Waals surface area contributed by atoms with Gasteiger partial charge in [-0.1, -0.05) is 12.1 Å². The van der Waals surface area contributed by atoms with Crippen LogP contribution in [-0.2, 0) is 6.42 Å². The van der Waals surface area contributed by atoms with Gasteiger partial charge >= 0.3 is 12.3 Å². The van der Waals surface area contributed by atoms with Crippen molar-refractivity contribution in [2.24, 2.45) is 5.73 Å². The van der Waals surface area contributed by atoms with Crippen LogP contribution in [0.3, 0.4) is 0 Å². The molecule has 0 fully saturated rings. The van der Waals surface area contributed by atoms with Crippen LogP contribution in [-0.4, -0.2) is 24.8 Å². The van der Waals surface area contributed by atoms with Crippen LogP contribution >= 0.6 is 0 Å². The highest BCUT2D eigenvalue weighted by atomic mass is 19.3. The highest BCUT2D eigenvalue weighted by Crippen LogP contribution is 2.35. The molecule has 7 heteroatoms. The van der Waals surface area contributed by atoms with Crippen LogP contribution in [0.5, 0.6) is 0 Å². The minimum Gasteiger partial charge on any atom is -0.352 e. The van der Waals surface area contributed by atoms with Crippen LogP contribution in [0.4, 0.5) is 17.6 Å². The van der Waals surface area contributed by atoms with E-state index >= 15 is 0 Å². The Labute approximate surface area is 113 Å². The largest absolute Gasteiger partial charge is 0.352 e. The van der Waals surface area contributed by atoms with Gasteiger partial charge < -0.3 is 11.1 Å². The first-order valence-electron chi connectivity index (χ1n) is 6.16. The summed E-state index contributed by atoms with van der Waals surface area (Å²) in [5.74, 6) is -4.73. The molecule has 3 nitrogen and oxygen atoms in total. The van der Waals surface area contributed by atoms with Crippen molar-refractivity contribution in [1.82, 2.24) is 5.32 Å². The predicted octanol–water partition coefficient (Wildman–Crippen LogP) is 2.26. The van der Waals surface area contributed by atoms with Crippen molar-refractivity contribution in [3.8, 4) is 0 Å². The van der Waals surface area contributed by atoms with Crippen molar-refractivity contribution in [1.29, 1.82) is 0 Å². The topological polar surface area (TPSA) is 55.1 Å². The molecule has 1 atom stereocenters. The molecular formula is C13H14F4N2O. The summed E-state index contributed by atoms with van der Waals surface area (Å²) in [6.07, 6.45) is -2.50. The third kappa shape index (κ3) is 2.63. The number of alkyl halides is 4. The van der Waals surface area contributed by atoms with Gasteiger partial charge in [-0.2, -0.15) is 8.78 Å². The summed E-state index contributed by atoms with van der Waals surface area (Å²) >= 11 is 0. The quantitative estimate of drug-likeness (QED) is 0.839. The average Bonchev–Trinajstić information content (AvgIpc) is 2.59. The molecule has 0 aromatic heterocycles. The van der Waals surface area contributed by atoms with Gasteiger partial charge in [0.2, 0.25) is 0 Å². The molecule has 1 aromatic rings. The number of aryl methyl sites for hydroxylation is 1. The second kappa shape index (κ2) is 5.40. The molecular weight excluding hydrogens is 276 g/mol. The maximum absolute atomic E-state index is 13.3. The first-order chi connectivity index (χ1) is 9.34. The molecule has 1 aromatic carbocycles. The second-order valence-corrected chi connectivity index (χ2v) is 4.73. The molecule has 1 heterocycles. The summed E-state index contributed by atoms with van der Waals surface area (Å²) in [7, 11) is 0. The lowest BCUT2D eigenvalue weighted by Gasteiger charge is -2.23. The first kappa shape index (κ1) is 14.8. The molecule has 110 valence electrons. The maximum Gasteiger partial charge on any atom is 0.326 e. The van der Waals surface area contributed by atoms with Crippen molar-refractivity contribution in [3.05, 3.63) is 34.9 Å². The van der Waals surface area contributed by atoms with Gasteiger partial charge in [-0.3, -0.25) is 4.79 Å². The molecule has 0 radical (unpaired) electrons. The normalized spacial score (nSPS) is 17.4. The number of nitrogens with two attached hydrogens (primary N) is 1. The fourth-order valence-corrected chi connectivity index (χ4v) is 2.15. The molecule has 1 unspecified atom stereocenters. The first-order valence-corrected chi connectivity index (χ1v) is 6.16. The molecule has 20 heavy (non-hydrogen) atoms. The summed E-state index contributed by atoms with van der Waals surface area (Å²) < 4.78 is 51.2. The summed E-state index contributed by atoms with van der Waals surface area (Å²) in [4.78, 5) is 11.8. The molecule has 0 bridgehead atoms. The van der Waals surface area contributed by atoms with E-state index in [0.717, 1.165) is 6.42 Å². The minimum absolute atomic E-state index is 0.175. The van der Waals surface area contributed by atoms with E-state index in [0.29, 0.717) is 18.5 Å². The maximum atomic E-state index is 13.3. The van der Waals surface area contributed by atoms with Gasteiger partial charge in [-0.05, 0) is 30.0 Å². The lowest BCUT2D eigenvalue weighted by atomic mass is 9.95. The Bertz CT molecular complexity index is 519. The lowest BCUT2D eigenvalue weighted by Crippen LogP contribution is -2.39. The van der Waals surface area contributed by atoms with E-state index in [1.165, 1.54) is 18.2 Å². The number of rotatable bonds is 3. The summed E-state index contributed by atoms with van der Waals surface area (Å²) in [6, 6.07) is 1.80. The Balaban J connectivity index is 2.38. The summed E-state index contributed by atoms with van der Waals surface area (Å²) in [6.45, 7) is 0.488. The smallest absolute Gasteiger partial charge is 0.326 e. The zero-order valence-electron chi connectivity index (χ0n) is 10.5. The fraction of sp³-hybridized carbons (Fsp3) is 0.462. The highest BCUT2D eigenvalue weighted by molar-refractivity contribution is 5.96. The predicted molar refractivity (Wildman–Crippen MR) is 65.0 cm³/mol. The van der Waals surface area contributed by atoms with Crippen molar-refractivity contribution >= 4 is 5.91 Å². The number of hydrogen-bond donors (Lipinski definition) is 2. The Hall–Kier alpha value is -1.63. The van der Waals surface area contributed by atoms with Gasteiger partial charge in [0.15, 0.2) is 0 Å². The molecule has 0 saturated carbocycles. The van der Waals surface area contributed by atoms with Gasteiger partial charge in [0.25, 0.3) is 5.91 Å². The SMILES string of the molecule is NC(c1ccc2c(c1)C(=O)NCCC2)C(F)(F)C(F)F.